The summed E-state index contributed by atoms with van der Waals surface area (Å²) in [4.78, 5) is 24.4. The standard InChI is InChI=1S/C22H22O5/c1-13-9-18(16(4)15(3)14(13)2)19(23)11-25-22(24)8-6-17-5-7-20-21(10-17)27-12-26-20/h5-10H,11-12H2,1-4H3. The highest BCUT2D eigenvalue weighted by Crippen LogP contribution is 2.32. The molecule has 0 saturated carbocycles. The molecule has 5 heteroatoms. The molecular weight excluding hydrogens is 344 g/mol. The molecule has 2 aromatic rings. The van der Waals surface area contributed by atoms with Crippen LogP contribution in [0.4, 0.5) is 0 Å². The Bertz CT molecular complexity index is 940. The minimum absolute atomic E-state index is 0.198. The van der Waals surface area contributed by atoms with Crippen molar-refractivity contribution < 1.29 is 23.8 Å². The smallest absolute Gasteiger partial charge is 0.331 e. The number of aryl methyl sites for hydroxylation is 1. The zero-order valence-corrected chi connectivity index (χ0v) is 15.9. The van der Waals surface area contributed by atoms with E-state index >= 15 is 0 Å². The van der Waals surface area contributed by atoms with Gasteiger partial charge in [-0.3, -0.25) is 4.79 Å². The van der Waals surface area contributed by atoms with E-state index in [-0.39, 0.29) is 19.2 Å². The number of benzene rings is 2. The fraction of sp³-hybridized carbons (Fsp3) is 0.273. The molecule has 0 spiro atoms. The summed E-state index contributed by atoms with van der Waals surface area (Å²) in [5.74, 6) is 0.545. The van der Waals surface area contributed by atoms with Crippen molar-refractivity contribution in [3.8, 4) is 11.5 Å². The summed E-state index contributed by atoms with van der Waals surface area (Å²) in [5.41, 5.74) is 5.62. The molecule has 0 atom stereocenters. The number of hydrogen-bond donors (Lipinski definition) is 0. The highest BCUT2D eigenvalue weighted by Gasteiger charge is 2.15. The highest BCUT2D eigenvalue weighted by atomic mass is 16.7. The van der Waals surface area contributed by atoms with Gasteiger partial charge in [0, 0.05) is 11.6 Å². The molecule has 3 rings (SSSR count). The van der Waals surface area contributed by atoms with Gasteiger partial charge in [-0.2, -0.15) is 0 Å². The molecule has 0 saturated heterocycles. The van der Waals surface area contributed by atoms with Crippen molar-refractivity contribution in [3.05, 3.63) is 63.7 Å². The first-order valence-corrected chi connectivity index (χ1v) is 8.72. The van der Waals surface area contributed by atoms with Crippen LogP contribution in [0.2, 0.25) is 0 Å². The van der Waals surface area contributed by atoms with Crippen molar-refractivity contribution in [1.29, 1.82) is 0 Å². The van der Waals surface area contributed by atoms with Crippen LogP contribution in [0.5, 0.6) is 11.5 Å². The molecule has 0 N–H and O–H groups in total. The number of ketones is 1. The van der Waals surface area contributed by atoms with E-state index in [0.29, 0.717) is 17.1 Å². The minimum Gasteiger partial charge on any atom is -0.454 e. The van der Waals surface area contributed by atoms with Gasteiger partial charge in [-0.15, -0.1) is 0 Å². The number of Topliss-reactive ketones (excluding diaryl/α,β-unsaturated/α-hetero) is 1. The van der Waals surface area contributed by atoms with Gasteiger partial charge < -0.3 is 14.2 Å². The van der Waals surface area contributed by atoms with Gasteiger partial charge in [0.15, 0.2) is 18.1 Å². The van der Waals surface area contributed by atoms with Crippen molar-refractivity contribution in [3.63, 3.8) is 0 Å². The third kappa shape index (κ3) is 4.03. The van der Waals surface area contributed by atoms with Gasteiger partial charge in [-0.25, -0.2) is 4.79 Å². The molecule has 0 unspecified atom stereocenters. The quantitative estimate of drug-likeness (QED) is 0.453. The predicted octanol–water partition coefficient (Wildman–Crippen LogP) is 4.09. The Morgan fingerprint density at radius 3 is 2.52 bits per heavy atom. The zero-order chi connectivity index (χ0) is 19.6. The third-order valence-electron chi connectivity index (χ3n) is 4.94. The Labute approximate surface area is 158 Å². The number of rotatable bonds is 5. The Kier molecular flexibility index (Phi) is 5.31. The molecule has 27 heavy (non-hydrogen) atoms. The summed E-state index contributed by atoms with van der Waals surface area (Å²) in [6.45, 7) is 7.83. The van der Waals surface area contributed by atoms with E-state index in [0.717, 1.165) is 22.3 Å². The van der Waals surface area contributed by atoms with Crippen LogP contribution in [0.3, 0.4) is 0 Å². The van der Waals surface area contributed by atoms with Gasteiger partial charge in [0.05, 0.1) is 0 Å². The summed E-state index contributed by atoms with van der Waals surface area (Å²) in [5, 5.41) is 0. The number of hydrogen-bond acceptors (Lipinski definition) is 5. The Morgan fingerprint density at radius 2 is 1.74 bits per heavy atom. The lowest BCUT2D eigenvalue weighted by Crippen LogP contribution is -2.15. The average molecular weight is 366 g/mol. The van der Waals surface area contributed by atoms with Gasteiger partial charge >= 0.3 is 5.97 Å². The van der Waals surface area contributed by atoms with Crippen LogP contribution in [0.25, 0.3) is 6.08 Å². The molecular formula is C22H22O5. The lowest BCUT2D eigenvalue weighted by molar-refractivity contribution is -0.136. The van der Waals surface area contributed by atoms with Crippen LogP contribution < -0.4 is 9.47 Å². The SMILES string of the molecule is Cc1cc(C(=O)COC(=O)C=Cc2ccc3c(c2)OCO3)c(C)c(C)c1C. The molecule has 5 nitrogen and oxygen atoms in total. The van der Waals surface area contributed by atoms with Crippen molar-refractivity contribution in [2.75, 3.05) is 13.4 Å². The Morgan fingerprint density at radius 1 is 1.00 bits per heavy atom. The van der Waals surface area contributed by atoms with Crippen molar-refractivity contribution >= 4 is 17.8 Å². The third-order valence-corrected chi connectivity index (χ3v) is 4.94. The summed E-state index contributed by atoms with van der Waals surface area (Å²) in [6.07, 6.45) is 2.91. The summed E-state index contributed by atoms with van der Waals surface area (Å²) < 4.78 is 15.6. The first-order valence-electron chi connectivity index (χ1n) is 8.72. The Balaban J connectivity index is 1.61. The maximum atomic E-state index is 12.5. The molecule has 2 aromatic carbocycles. The molecule has 0 radical (unpaired) electrons. The van der Waals surface area contributed by atoms with Crippen LogP contribution in [-0.2, 0) is 9.53 Å². The summed E-state index contributed by atoms with van der Waals surface area (Å²) >= 11 is 0. The lowest BCUT2D eigenvalue weighted by Gasteiger charge is -2.13. The fourth-order valence-corrected chi connectivity index (χ4v) is 2.95. The number of esters is 1. The van der Waals surface area contributed by atoms with E-state index < -0.39 is 5.97 Å². The first-order chi connectivity index (χ1) is 12.9. The average Bonchev–Trinajstić information content (AvgIpc) is 3.13. The van der Waals surface area contributed by atoms with Crippen LogP contribution in [0, 0.1) is 27.7 Å². The Hall–Kier alpha value is -3.08. The van der Waals surface area contributed by atoms with Gasteiger partial charge in [0.1, 0.15) is 0 Å². The number of fused-ring (bicyclic) bond motifs is 1. The second kappa shape index (κ2) is 7.66. The molecule has 0 aliphatic carbocycles. The summed E-state index contributed by atoms with van der Waals surface area (Å²) in [6, 6.07) is 7.22. The number of carbonyl (C=O) groups excluding carboxylic acids is 2. The van der Waals surface area contributed by atoms with E-state index in [2.05, 4.69) is 0 Å². The van der Waals surface area contributed by atoms with Gasteiger partial charge in [0.25, 0.3) is 0 Å². The molecule has 0 amide bonds. The van der Waals surface area contributed by atoms with E-state index in [1.807, 2.05) is 39.8 Å². The molecule has 1 aliphatic heterocycles. The first kappa shape index (κ1) is 18.7. The van der Waals surface area contributed by atoms with Gasteiger partial charge in [0.2, 0.25) is 12.6 Å². The van der Waals surface area contributed by atoms with Gasteiger partial charge in [-0.05, 0) is 79.8 Å². The van der Waals surface area contributed by atoms with Crippen LogP contribution >= 0.6 is 0 Å². The van der Waals surface area contributed by atoms with Crippen molar-refractivity contribution in [1.82, 2.24) is 0 Å². The number of ether oxygens (including phenoxy) is 3. The van der Waals surface area contributed by atoms with Crippen LogP contribution in [0.1, 0.15) is 38.2 Å². The molecule has 0 fully saturated rings. The summed E-state index contributed by atoms with van der Waals surface area (Å²) in [7, 11) is 0. The van der Waals surface area contributed by atoms with E-state index in [1.165, 1.54) is 11.6 Å². The normalized spacial score (nSPS) is 12.4. The van der Waals surface area contributed by atoms with Crippen LogP contribution in [0.15, 0.2) is 30.3 Å². The minimum atomic E-state index is -0.570. The second-order valence-electron chi connectivity index (χ2n) is 6.59. The molecule has 1 heterocycles. The van der Waals surface area contributed by atoms with E-state index in [1.54, 1.807) is 18.2 Å². The van der Waals surface area contributed by atoms with Crippen molar-refractivity contribution in [2.24, 2.45) is 0 Å². The van der Waals surface area contributed by atoms with Crippen molar-refractivity contribution in [2.45, 2.75) is 27.7 Å². The molecule has 0 bridgehead atoms. The maximum Gasteiger partial charge on any atom is 0.331 e. The molecule has 1 aliphatic rings. The monoisotopic (exact) mass is 366 g/mol. The highest BCUT2D eigenvalue weighted by molar-refractivity contribution is 6.00. The molecule has 140 valence electrons. The maximum absolute atomic E-state index is 12.5. The van der Waals surface area contributed by atoms with E-state index in [9.17, 15) is 9.59 Å². The van der Waals surface area contributed by atoms with E-state index in [4.69, 9.17) is 14.2 Å². The van der Waals surface area contributed by atoms with Gasteiger partial charge in [-0.1, -0.05) is 6.07 Å². The molecule has 0 aromatic heterocycles. The fourth-order valence-electron chi connectivity index (χ4n) is 2.95. The number of carbonyl (C=O) groups is 2. The second-order valence-corrected chi connectivity index (χ2v) is 6.59. The zero-order valence-electron chi connectivity index (χ0n) is 15.9. The van der Waals surface area contributed by atoms with Crippen LogP contribution in [-0.4, -0.2) is 25.2 Å². The largest absolute Gasteiger partial charge is 0.454 e. The topological polar surface area (TPSA) is 61.8 Å². The lowest BCUT2D eigenvalue weighted by atomic mass is 9.93. The predicted molar refractivity (Wildman–Crippen MR) is 102 cm³/mol.